The Morgan fingerprint density at radius 2 is 2.13 bits per heavy atom. The van der Waals surface area contributed by atoms with E-state index in [0.29, 0.717) is 11.3 Å². The molecule has 0 bridgehead atoms. The van der Waals surface area contributed by atoms with Crippen molar-refractivity contribution >= 4 is 29.2 Å². The fourth-order valence-electron chi connectivity index (χ4n) is 1.85. The van der Waals surface area contributed by atoms with Gasteiger partial charge in [-0.25, -0.2) is 4.79 Å². The first-order chi connectivity index (χ1) is 10.7. The first-order valence-electron chi connectivity index (χ1n) is 7.24. The number of carbonyl (C=O) groups excluding carboxylic acids is 1. The van der Waals surface area contributed by atoms with Gasteiger partial charge in [0.2, 0.25) is 0 Å². The van der Waals surface area contributed by atoms with Gasteiger partial charge in [-0.05, 0) is 57.1 Å². The molecular weight excluding hydrogens is 316 g/mol. The van der Waals surface area contributed by atoms with Gasteiger partial charge < -0.3 is 20.3 Å². The minimum absolute atomic E-state index is 0.182. The molecule has 0 heterocycles. The first-order valence-corrected chi connectivity index (χ1v) is 7.64. The van der Waals surface area contributed by atoms with Crippen LogP contribution in [0, 0.1) is 0 Å². The number of aliphatic imine (C=N–C) groups is 1. The molecule has 2 atom stereocenters. The fourth-order valence-corrected chi connectivity index (χ4v) is 1.95. The summed E-state index contributed by atoms with van der Waals surface area (Å²) in [5.74, 6) is 0. The minimum atomic E-state index is -1.09. The van der Waals surface area contributed by atoms with Crippen LogP contribution in [0.1, 0.15) is 38.9 Å². The molecule has 0 saturated heterocycles. The number of nitrogens with one attached hydrogen (secondary N) is 1. The molecule has 0 aliphatic heterocycles. The highest BCUT2D eigenvalue weighted by Crippen LogP contribution is 2.23. The molecule has 2 unspecified atom stereocenters. The molecule has 3 N–H and O–H groups in total. The van der Waals surface area contributed by atoms with Crippen LogP contribution in [0.3, 0.4) is 0 Å². The van der Waals surface area contributed by atoms with E-state index in [1.54, 1.807) is 45.0 Å². The lowest BCUT2D eigenvalue weighted by atomic mass is 10.0. The lowest BCUT2D eigenvalue weighted by molar-refractivity contribution is 0.0123. The third-order valence-electron chi connectivity index (χ3n) is 2.86. The van der Waals surface area contributed by atoms with E-state index in [4.69, 9.17) is 4.74 Å². The number of isothiocyanates is 1. The quantitative estimate of drug-likeness (QED) is 0.548. The van der Waals surface area contributed by atoms with Crippen molar-refractivity contribution in [3.8, 4) is 0 Å². The zero-order valence-corrected chi connectivity index (χ0v) is 14.3. The van der Waals surface area contributed by atoms with Gasteiger partial charge in [0.1, 0.15) is 11.7 Å². The van der Waals surface area contributed by atoms with Crippen LogP contribution in [-0.4, -0.2) is 39.7 Å². The summed E-state index contributed by atoms with van der Waals surface area (Å²) in [7, 11) is 0. The Balaban J connectivity index is 2.51. The molecule has 0 radical (unpaired) electrons. The number of rotatable bonds is 6. The van der Waals surface area contributed by atoms with Gasteiger partial charge in [-0.1, -0.05) is 12.1 Å². The minimum Gasteiger partial charge on any atom is -0.444 e. The topological polar surface area (TPSA) is 91.2 Å². The van der Waals surface area contributed by atoms with Crippen LogP contribution >= 0.6 is 12.2 Å². The van der Waals surface area contributed by atoms with Gasteiger partial charge in [0.05, 0.1) is 17.0 Å². The number of thiocarbonyl (C=S) groups is 1. The third-order valence-corrected chi connectivity index (χ3v) is 2.95. The standard InChI is InChI=1S/C16H22N2O4S/c1-16(2,3)22-15(21)17-8-7-13(19)14(20)11-5-4-6-12(9-11)18-10-23/h4-6,9,13-14,19-20H,7-8H2,1-3H3,(H,17,21). The van der Waals surface area contributed by atoms with Crippen LogP contribution in [0.5, 0.6) is 0 Å². The predicted molar refractivity (Wildman–Crippen MR) is 90.9 cm³/mol. The number of aliphatic hydroxyl groups is 2. The van der Waals surface area contributed by atoms with Crippen LogP contribution < -0.4 is 5.32 Å². The molecule has 1 amide bonds. The maximum atomic E-state index is 11.5. The zero-order valence-electron chi connectivity index (χ0n) is 13.4. The van der Waals surface area contributed by atoms with Crippen molar-refractivity contribution in [1.29, 1.82) is 0 Å². The molecule has 126 valence electrons. The van der Waals surface area contributed by atoms with E-state index in [9.17, 15) is 15.0 Å². The highest BCUT2D eigenvalue weighted by Gasteiger charge is 2.20. The van der Waals surface area contributed by atoms with E-state index in [0.717, 1.165) is 0 Å². The van der Waals surface area contributed by atoms with E-state index >= 15 is 0 Å². The summed E-state index contributed by atoms with van der Waals surface area (Å²) in [6, 6.07) is 6.72. The van der Waals surface area contributed by atoms with E-state index in [1.807, 2.05) is 0 Å². The molecule has 0 saturated carbocycles. The second-order valence-electron chi connectivity index (χ2n) is 6.03. The average Bonchev–Trinajstić information content (AvgIpc) is 2.45. The predicted octanol–water partition coefficient (Wildman–Crippen LogP) is 2.73. The summed E-state index contributed by atoms with van der Waals surface area (Å²) in [6.07, 6.45) is -2.50. The van der Waals surface area contributed by atoms with Crippen LogP contribution in [0.4, 0.5) is 10.5 Å². The fraction of sp³-hybridized carbons (Fsp3) is 0.500. The normalized spacial score (nSPS) is 13.6. The molecule has 6 nitrogen and oxygen atoms in total. The summed E-state index contributed by atoms with van der Waals surface area (Å²) >= 11 is 4.53. The zero-order chi connectivity index (χ0) is 17.5. The van der Waals surface area contributed by atoms with Gasteiger partial charge >= 0.3 is 6.09 Å². The number of aliphatic hydroxyl groups excluding tert-OH is 2. The summed E-state index contributed by atoms with van der Waals surface area (Å²) < 4.78 is 5.08. The molecule has 23 heavy (non-hydrogen) atoms. The number of benzene rings is 1. The number of nitrogens with zero attached hydrogens (tertiary/aromatic N) is 1. The molecule has 0 aliphatic rings. The molecule has 0 aromatic heterocycles. The van der Waals surface area contributed by atoms with Gasteiger partial charge in [0, 0.05) is 6.54 Å². The van der Waals surface area contributed by atoms with Gasteiger partial charge in [-0.3, -0.25) is 0 Å². The first kappa shape index (κ1) is 19.3. The van der Waals surface area contributed by atoms with Crippen molar-refractivity contribution in [1.82, 2.24) is 5.32 Å². The third kappa shape index (κ3) is 7.34. The lowest BCUT2D eigenvalue weighted by Gasteiger charge is -2.21. The van der Waals surface area contributed by atoms with Crippen LogP contribution in [0.15, 0.2) is 29.3 Å². The van der Waals surface area contributed by atoms with Gasteiger partial charge in [-0.15, -0.1) is 0 Å². The van der Waals surface area contributed by atoms with Gasteiger partial charge in [0.25, 0.3) is 0 Å². The van der Waals surface area contributed by atoms with Crippen molar-refractivity contribution in [2.45, 2.75) is 45.0 Å². The monoisotopic (exact) mass is 338 g/mol. The van der Waals surface area contributed by atoms with Crippen molar-refractivity contribution in [3.05, 3.63) is 29.8 Å². The lowest BCUT2D eigenvalue weighted by Crippen LogP contribution is -2.34. The summed E-state index contributed by atoms with van der Waals surface area (Å²) in [5.41, 5.74) is 0.488. The van der Waals surface area contributed by atoms with E-state index in [2.05, 4.69) is 27.7 Å². The Labute approximate surface area is 141 Å². The number of ether oxygens (including phenoxy) is 1. The SMILES string of the molecule is CC(C)(C)OC(=O)NCCC(O)C(O)c1cccc(N=C=S)c1. The molecule has 0 fully saturated rings. The maximum Gasteiger partial charge on any atom is 0.407 e. The number of alkyl carbamates (subject to hydrolysis) is 1. The number of amides is 1. The van der Waals surface area contributed by atoms with Crippen molar-refractivity contribution in [2.75, 3.05) is 6.54 Å². The largest absolute Gasteiger partial charge is 0.444 e. The maximum absolute atomic E-state index is 11.5. The smallest absolute Gasteiger partial charge is 0.407 e. The van der Waals surface area contributed by atoms with Crippen LogP contribution in [0.2, 0.25) is 0 Å². The summed E-state index contributed by atoms with van der Waals surface area (Å²) in [6.45, 7) is 5.48. The molecule has 1 aromatic carbocycles. The Kier molecular flexibility index (Phi) is 7.32. The van der Waals surface area contributed by atoms with E-state index < -0.39 is 23.9 Å². The Hall–Kier alpha value is -1.79. The molecular formula is C16H22N2O4S. The van der Waals surface area contributed by atoms with Crippen LogP contribution in [0.25, 0.3) is 0 Å². The van der Waals surface area contributed by atoms with Crippen LogP contribution in [-0.2, 0) is 4.74 Å². The highest BCUT2D eigenvalue weighted by atomic mass is 32.1. The van der Waals surface area contributed by atoms with Gasteiger partial charge in [0.15, 0.2) is 0 Å². The van der Waals surface area contributed by atoms with Crippen molar-refractivity contribution in [2.24, 2.45) is 4.99 Å². The number of hydrogen-bond acceptors (Lipinski definition) is 6. The van der Waals surface area contributed by atoms with E-state index in [-0.39, 0.29) is 13.0 Å². The summed E-state index contributed by atoms with van der Waals surface area (Å²) in [5, 5.41) is 25.0. The van der Waals surface area contributed by atoms with Crippen molar-refractivity contribution < 1.29 is 19.7 Å². The highest BCUT2D eigenvalue weighted by molar-refractivity contribution is 7.78. The van der Waals surface area contributed by atoms with E-state index in [1.165, 1.54) is 0 Å². The molecule has 1 aromatic rings. The molecule has 0 spiro atoms. The van der Waals surface area contributed by atoms with Gasteiger partial charge in [-0.2, -0.15) is 4.99 Å². The Bertz CT molecular complexity index is 580. The number of hydrogen-bond donors (Lipinski definition) is 3. The second kappa shape index (κ2) is 8.74. The molecule has 1 rings (SSSR count). The Morgan fingerprint density at radius 3 is 2.74 bits per heavy atom. The summed E-state index contributed by atoms with van der Waals surface area (Å²) in [4.78, 5) is 15.3. The second-order valence-corrected chi connectivity index (χ2v) is 6.21. The molecule has 0 aliphatic carbocycles. The number of carbonyl (C=O) groups is 1. The Morgan fingerprint density at radius 1 is 1.43 bits per heavy atom. The van der Waals surface area contributed by atoms with Crippen molar-refractivity contribution in [3.63, 3.8) is 0 Å². The average molecular weight is 338 g/mol. The molecule has 7 heteroatoms.